The summed E-state index contributed by atoms with van der Waals surface area (Å²) in [5.41, 5.74) is 0.949. The second kappa shape index (κ2) is 6.78. The molecule has 122 valence electrons. The SMILES string of the molecule is O=C1S/C(=C/c2ccc(O)c(Br)c2)C(=O)N1Cc1ccccc1F. The van der Waals surface area contributed by atoms with Gasteiger partial charge >= 0.3 is 0 Å². The van der Waals surface area contributed by atoms with E-state index < -0.39 is 17.0 Å². The van der Waals surface area contributed by atoms with E-state index in [1.54, 1.807) is 36.4 Å². The fourth-order valence-electron chi connectivity index (χ4n) is 2.20. The van der Waals surface area contributed by atoms with Crippen LogP contribution in [0.4, 0.5) is 9.18 Å². The number of thioether (sulfide) groups is 1. The molecule has 4 nitrogen and oxygen atoms in total. The van der Waals surface area contributed by atoms with Gasteiger partial charge in [-0.25, -0.2) is 4.39 Å². The number of imide groups is 1. The van der Waals surface area contributed by atoms with Crippen LogP contribution in [0, 0.1) is 5.82 Å². The van der Waals surface area contributed by atoms with Crippen molar-refractivity contribution in [2.24, 2.45) is 0 Å². The number of amides is 2. The Morgan fingerprint density at radius 2 is 1.96 bits per heavy atom. The number of phenols is 1. The van der Waals surface area contributed by atoms with E-state index in [0.29, 0.717) is 10.0 Å². The Balaban J connectivity index is 1.84. The van der Waals surface area contributed by atoms with Gasteiger partial charge in [-0.3, -0.25) is 14.5 Å². The van der Waals surface area contributed by atoms with Gasteiger partial charge in [-0.1, -0.05) is 24.3 Å². The average molecular weight is 408 g/mol. The lowest BCUT2D eigenvalue weighted by molar-refractivity contribution is -0.123. The topological polar surface area (TPSA) is 57.6 Å². The zero-order valence-electron chi connectivity index (χ0n) is 12.2. The van der Waals surface area contributed by atoms with Gasteiger partial charge in [0.15, 0.2) is 0 Å². The van der Waals surface area contributed by atoms with Crippen molar-refractivity contribution in [2.45, 2.75) is 6.54 Å². The van der Waals surface area contributed by atoms with Gasteiger partial charge in [0.2, 0.25) is 0 Å². The molecule has 0 spiro atoms. The van der Waals surface area contributed by atoms with Crippen LogP contribution in [0.25, 0.3) is 6.08 Å². The highest BCUT2D eigenvalue weighted by molar-refractivity contribution is 9.10. The summed E-state index contributed by atoms with van der Waals surface area (Å²) in [6.07, 6.45) is 1.57. The highest BCUT2D eigenvalue weighted by Crippen LogP contribution is 2.34. The predicted octanol–water partition coefficient (Wildman–Crippen LogP) is 4.53. The quantitative estimate of drug-likeness (QED) is 0.759. The van der Waals surface area contributed by atoms with Gasteiger partial charge in [0, 0.05) is 5.56 Å². The van der Waals surface area contributed by atoms with Crippen LogP contribution in [0.3, 0.4) is 0 Å². The van der Waals surface area contributed by atoms with E-state index in [4.69, 9.17) is 0 Å². The summed E-state index contributed by atoms with van der Waals surface area (Å²) in [6.45, 7) is -0.103. The molecule has 0 atom stereocenters. The van der Waals surface area contributed by atoms with Gasteiger partial charge in [-0.15, -0.1) is 0 Å². The van der Waals surface area contributed by atoms with Crippen LogP contribution in [-0.2, 0) is 11.3 Å². The zero-order chi connectivity index (χ0) is 17.3. The Bertz CT molecular complexity index is 869. The second-order valence-electron chi connectivity index (χ2n) is 5.07. The van der Waals surface area contributed by atoms with Crippen molar-refractivity contribution in [2.75, 3.05) is 0 Å². The maximum absolute atomic E-state index is 13.7. The summed E-state index contributed by atoms with van der Waals surface area (Å²) >= 11 is 4.01. The number of hydrogen-bond donors (Lipinski definition) is 1. The number of nitrogens with zero attached hydrogens (tertiary/aromatic N) is 1. The molecule has 0 saturated carbocycles. The summed E-state index contributed by atoms with van der Waals surface area (Å²) in [4.78, 5) is 25.8. The molecule has 2 aromatic carbocycles. The number of benzene rings is 2. The van der Waals surface area contributed by atoms with Crippen molar-refractivity contribution < 1.29 is 19.1 Å². The van der Waals surface area contributed by atoms with Crippen LogP contribution in [0.5, 0.6) is 5.75 Å². The first kappa shape index (κ1) is 16.7. The molecule has 0 aromatic heterocycles. The van der Waals surface area contributed by atoms with Crippen molar-refractivity contribution >= 4 is 44.9 Å². The first-order valence-electron chi connectivity index (χ1n) is 6.93. The molecule has 1 aliphatic rings. The molecule has 1 fully saturated rings. The second-order valence-corrected chi connectivity index (χ2v) is 6.92. The van der Waals surface area contributed by atoms with Crippen LogP contribution in [0.15, 0.2) is 51.8 Å². The lowest BCUT2D eigenvalue weighted by atomic mass is 10.2. The summed E-state index contributed by atoms with van der Waals surface area (Å²) < 4.78 is 14.2. The van der Waals surface area contributed by atoms with Gasteiger partial charge < -0.3 is 5.11 Å². The molecular weight excluding hydrogens is 397 g/mol. The predicted molar refractivity (Wildman–Crippen MR) is 93.7 cm³/mol. The Hall–Kier alpha value is -2.12. The van der Waals surface area contributed by atoms with Crippen molar-refractivity contribution in [3.05, 3.63) is 68.8 Å². The third-order valence-corrected chi connectivity index (χ3v) is 4.97. The molecule has 24 heavy (non-hydrogen) atoms. The summed E-state index contributed by atoms with van der Waals surface area (Å²) in [5, 5.41) is 9.06. The molecular formula is C17H11BrFNO3S. The molecule has 0 unspecified atom stereocenters. The van der Waals surface area contributed by atoms with Gasteiger partial charge in [0.05, 0.1) is 15.9 Å². The van der Waals surface area contributed by atoms with E-state index in [1.165, 1.54) is 12.1 Å². The van der Waals surface area contributed by atoms with E-state index in [-0.39, 0.29) is 22.8 Å². The number of hydrogen-bond acceptors (Lipinski definition) is 4. The van der Waals surface area contributed by atoms with Gasteiger partial charge in [0.25, 0.3) is 11.1 Å². The molecule has 1 saturated heterocycles. The minimum atomic E-state index is -0.461. The third kappa shape index (κ3) is 3.37. The number of carbonyl (C=O) groups is 2. The molecule has 1 heterocycles. The Kier molecular flexibility index (Phi) is 4.73. The zero-order valence-corrected chi connectivity index (χ0v) is 14.6. The maximum Gasteiger partial charge on any atom is 0.293 e. The Labute approximate surface area is 150 Å². The minimum Gasteiger partial charge on any atom is -0.507 e. The molecule has 1 N–H and O–H groups in total. The molecule has 3 rings (SSSR count). The van der Waals surface area contributed by atoms with E-state index in [2.05, 4.69) is 15.9 Å². The van der Waals surface area contributed by atoms with Gasteiger partial charge in [-0.2, -0.15) is 0 Å². The first-order chi connectivity index (χ1) is 11.5. The molecule has 7 heteroatoms. The third-order valence-electron chi connectivity index (χ3n) is 3.43. The van der Waals surface area contributed by atoms with Crippen LogP contribution in [0.2, 0.25) is 0 Å². The Morgan fingerprint density at radius 1 is 1.21 bits per heavy atom. The summed E-state index contributed by atoms with van der Waals surface area (Å²) in [7, 11) is 0. The normalized spacial score (nSPS) is 16.2. The molecule has 2 aromatic rings. The number of carbonyl (C=O) groups excluding carboxylic acids is 2. The molecule has 0 aliphatic carbocycles. The number of phenolic OH excluding ortho intramolecular Hbond substituents is 1. The van der Waals surface area contributed by atoms with Crippen molar-refractivity contribution in [3.63, 3.8) is 0 Å². The van der Waals surface area contributed by atoms with E-state index in [0.717, 1.165) is 16.7 Å². The fraction of sp³-hybridized carbons (Fsp3) is 0.0588. The molecule has 0 bridgehead atoms. The summed E-state index contributed by atoms with van der Waals surface area (Å²) in [6, 6.07) is 10.8. The lowest BCUT2D eigenvalue weighted by Gasteiger charge is -2.12. The fourth-order valence-corrected chi connectivity index (χ4v) is 3.43. The lowest BCUT2D eigenvalue weighted by Crippen LogP contribution is -2.27. The Morgan fingerprint density at radius 3 is 2.67 bits per heavy atom. The first-order valence-corrected chi connectivity index (χ1v) is 8.54. The van der Waals surface area contributed by atoms with Crippen LogP contribution < -0.4 is 0 Å². The summed E-state index contributed by atoms with van der Waals surface area (Å²) in [5.74, 6) is -0.833. The molecule has 2 amide bonds. The van der Waals surface area contributed by atoms with Crippen LogP contribution in [-0.4, -0.2) is 21.2 Å². The largest absolute Gasteiger partial charge is 0.507 e. The van der Waals surface area contributed by atoms with Crippen molar-refractivity contribution in [1.82, 2.24) is 4.90 Å². The highest BCUT2D eigenvalue weighted by atomic mass is 79.9. The standard InChI is InChI=1S/C17H11BrFNO3S/c18-12-7-10(5-6-14(12)21)8-15-16(22)20(17(23)24-15)9-11-3-1-2-4-13(11)19/h1-8,21H,9H2/b15-8+. The highest BCUT2D eigenvalue weighted by Gasteiger charge is 2.35. The van der Waals surface area contributed by atoms with Gasteiger partial charge in [-0.05, 0) is 57.5 Å². The smallest absolute Gasteiger partial charge is 0.293 e. The maximum atomic E-state index is 13.7. The number of rotatable bonds is 3. The van der Waals surface area contributed by atoms with E-state index >= 15 is 0 Å². The minimum absolute atomic E-state index is 0.0832. The van der Waals surface area contributed by atoms with Crippen LogP contribution in [0.1, 0.15) is 11.1 Å². The molecule has 1 aliphatic heterocycles. The van der Waals surface area contributed by atoms with Crippen molar-refractivity contribution in [1.29, 1.82) is 0 Å². The molecule has 0 radical (unpaired) electrons. The monoisotopic (exact) mass is 407 g/mol. The van der Waals surface area contributed by atoms with Gasteiger partial charge in [0.1, 0.15) is 11.6 Å². The average Bonchev–Trinajstić information content (AvgIpc) is 2.80. The van der Waals surface area contributed by atoms with E-state index in [1.807, 2.05) is 0 Å². The van der Waals surface area contributed by atoms with Crippen molar-refractivity contribution in [3.8, 4) is 5.75 Å². The van der Waals surface area contributed by atoms with E-state index in [9.17, 15) is 19.1 Å². The number of halogens is 2. The number of aromatic hydroxyl groups is 1. The van der Waals surface area contributed by atoms with Crippen LogP contribution >= 0.6 is 27.7 Å².